The molecule has 0 fully saturated rings. The van der Waals surface area contributed by atoms with Gasteiger partial charge < -0.3 is 5.32 Å². The molecule has 2 heterocycles. The summed E-state index contributed by atoms with van der Waals surface area (Å²) < 4.78 is 1.78. The molecule has 0 radical (unpaired) electrons. The fourth-order valence-electron chi connectivity index (χ4n) is 2.81. The van der Waals surface area contributed by atoms with Gasteiger partial charge in [0, 0.05) is 23.2 Å². The van der Waals surface area contributed by atoms with Gasteiger partial charge >= 0.3 is 0 Å². The van der Waals surface area contributed by atoms with Crippen LogP contribution in [0.4, 0.5) is 5.69 Å². The monoisotopic (exact) mass is 422 g/mol. The van der Waals surface area contributed by atoms with Crippen molar-refractivity contribution in [1.29, 1.82) is 0 Å². The summed E-state index contributed by atoms with van der Waals surface area (Å²) in [5, 5.41) is 19.7. The van der Waals surface area contributed by atoms with E-state index in [9.17, 15) is 4.79 Å². The number of carbonyl (C=O) groups is 1. The number of hydrogen-bond donors (Lipinski definition) is 2. The van der Waals surface area contributed by atoms with E-state index in [1.807, 2.05) is 56.3 Å². The Hall–Kier alpha value is -3.17. The van der Waals surface area contributed by atoms with Crippen molar-refractivity contribution >= 4 is 45.2 Å². The molecule has 29 heavy (non-hydrogen) atoms. The summed E-state index contributed by atoms with van der Waals surface area (Å²) in [4.78, 5) is 13.1. The summed E-state index contributed by atoms with van der Waals surface area (Å²) in [7, 11) is 0. The number of fused-ring (bicyclic) bond motifs is 1. The van der Waals surface area contributed by atoms with Gasteiger partial charge in [-0.25, -0.2) is 0 Å². The van der Waals surface area contributed by atoms with Crippen molar-refractivity contribution in [2.45, 2.75) is 20.3 Å². The van der Waals surface area contributed by atoms with Crippen molar-refractivity contribution in [2.75, 3.05) is 5.32 Å². The first-order valence-corrected chi connectivity index (χ1v) is 10.3. The lowest BCUT2D eigenvalue weighted by atomic mass is 10.1. The summed E-state index contributed by atoms with van der Waals surface area (Å²) >= 11 is 6.75. The molecule has 0 saturated carbocycles. The van der Waals surface area contributed by atoms with E-state index in [1.165, 1.54) is 11.3 Å². The number of nitrogens with zero attached hydrogens (tertiary/aromatic N) is 4. The second-order valence-corrected chi connectivity index (χ2v) is 7.79. The zero-order valence-electron chi connectivity index (χ0n) is 15.8. The van der Waals surface area contributed by atoms with Gasteiger partial charge in [0.05, 0.1) is 0 Å². The maximum Gasteiger partial charge on any atom is 0.257 e. The van der Waals surface area contributed by atoms with Gasteiger partial charge in [0.1, 0.15) is 5.01 Å². The average molecular weight is 423 g/mol. The minimum Gasteiger partial charge on any atom is -0.332 e. The number of rotatable bonds is 4. The number of aryl methyl sites for hydroxylation is 2. The van der Waals surface area contributed by atoms with Gasteiger partial charge in [0.2, 0.25) is 4.96 Å². The summed E-state index contributed by atoms with van der Waals surface area (Å²) in [5.74, 6) is 0.602. The molecule has 7 nitrogen and oxygen atoms in total. The molecule has 0 spiro atoms. The molecule has 146 valence electrons. The molecule has 9 heteroatoms. The molecule has 1 amide bonds. The van der Waals surface area contributed by atoms with Crippen LogP contribution in [0.15, 0.2) is 48.5 Å². The van der Waals surface area contributed by atoms with E-state index in [0.717, 1.165) is 39.0 Å². The molecule has 0 aliphatic heterocycles. The van der Waals surface area contributed by atoms with E-state index in [1.54, 1.807) is 10.6 Å². The zero-order valence-corrected chi connectivity index (χ0v) is 17.5. The van der Waals surface area contributed by atoms with E-state index >= 15 is 0 Å². The second-order valence-electron chi connectivity index (χ2n) is 6.43. The predicted octanol–water partition coefficient (Wildman–Crippen LogP) is 3.85. The fraction of sp³-hybridized carbons (Fsp3) is 0.150. The molecule has 0 saturated heterocycles. The standard InChI is InChI=1S/C20H18N6OS2/c1-3-16-23-24-20-26(16)25-18(29-20)13-7-9-15(10-8-13)21-19(28)22-17(27)14-6-4-5-12(2)11-14/h4-11H,3H2,1-2H3,(H2,21,22,27,28). The van der Waals surface area contributed by atoms with Gasteiger partial charge in [-0.3, -0.25) is 10.1 Å². The average Bonchev–Trinajstić information content (AvgIpc) is 3.29. The van der Waals surface area contributed by atoms with Gasteiger partial charge in [-0.2, -0.15) is 9.61 Å². The zero-order chi connectivity index (χ0) is 20.4. The van der Waals surface area contributed by atoms with E-state index in [2.05, 4.69) is 25.9 Å². The quantitative estimate of drug-likeness (QED) is 0.486. The number of anilines is 1. The molecule has 2 N–H and O–H groups in total. The number of hydrogen-bond acceptors (Lipinski definition) is 6. The van der Waals surface area contributed by atoms with Crippen molar-refractivity contribution in [3.05, 3.63) is 65.5 Å². The Morgan fingerprint density at radius 3 is 2.69 bits per heavy atom. The Morgan fingerprint density at radius 1 is 1.17 bits per heavy atom. The lowest BCUT2D eigenvalue weighted by molar-refractivity contribution is 0.0977. The topological polar surface area (TPSA) is 84.2 Å². The highest BCUT2D eigenvalue weighted by molar-refractivity contribution is 7.80. The van der Waals surface area contributed by atoms with Crippen LogP contribution in [0.2, 0.25) is 0 Å². The first-order valence-electron chi connectivity index (χ1n) is 9.04. The summed E-state index contributed by atoms with van der Waals surface area (Å²) in [6.45, 7) is 3.96. The fourth-order valence-corrected chi connectivity index (χ4v) is 3.89. The lowest BCUT2D eigenvalue weighted by Gasteiger charge is -2.10. The van der Waals surface area contributed by atoms with E-state index in [4.69, 9.17) is 12.2 Å². The third-order valence-corrected chi connectivity index (χ3v) is 5.42. The van der Waals surface area contributed by atoms with E-state index in [0.29, 0.717) is 5.56 Å². The maximum atomic E-state index is 12.3. The van der Waals surface area contributed by atoms with Crippen molar-refractivity contribution in [3.8, 4) is 10.6 Å². The number of amides is 1. The van der Waals surface area contributed by atoms with Crippen molar-refractivity contribution in [1.82, 2.24) is 25.1 Å². The minimum atomic E-state index is -0.241. The van der Waals surface area contributed by atoms with Crippen molar-refractivity contribution < 1.29 is 4.79 Å². The molecule has 4 rings (SSSR count). The van der Waals surface area contributed by atoms with E-state index in [-0.39, 0.29) is 11.0 Å². The second kappa shape index (κ2) is 8.06. The van der Waals surface area contributed by atoms with Gasteiger partial charge in [0.15, 0.2) is 10.9 Å². The molecular weight excluding hydrogens is 404 g/mol. The molecule has 0 atom stereocenters. The minimum absolute atomic E-state index is 0.241. The number of benzene rings is 2. The summed E-state index contributed by atoms with van der Waals surface area (Å²) in [5.41, 5.74) is 3.34. The van der Waals surface area contributed by atoms with Gasteiger partial charge in [-0.15, -0.1) is 10.2 Å². The third-order valence-electron chi connectivity index (χ3n) is 4.27. The SMILES string of the molecule is CCc1nnc2sc(-c3ccc(NC(=S)NC(=O)c4cccc(C)c4)cc3)nn12. The Morgan fingerprint density at radius 2 is 1.97 bits per heavy atom. The van der Waals surface area contributed by atoms with Crippen LogP contribution in [0, 0.1) is 6.92 Å². The first kappa shape index (κ1) is 19.2. The smallest absolute Gasteiger partial charge is 0.257 e. The van der Waals surface area contributed by atoms with Crippen molar-refractivity contribution in [2.24, 2.45) is 0 Å². The highest BCUT2D eigenvalue weighted by Crippen LogP contribution is 2.26. The Bertz CT molecular complexity index is 1200. The molecular formula is C20H18N6OS2. The molecule has 0 unspecified atom stereocenters. The van der Waals surface area contributed by atoms with Crippen LogP contribution in [-0.2, 0) is 6.42 Å². The van der Waals surface area contributed by atoms with Gasteiger partial charge in [-0.1, -0.05) is 36.0 Å². The van der Waals surface area contributed by atoms with Crippen LogP contribution >= 0.6 is 23.6 Å². The first-order chi connectivity index (χ1) is 14.0. The highest BCUT2D eigenvalue weighted by atomic mass is 32.1. The Balaban J connectivity index is 1.42. The van der Waals surface area contributed by atoms with Gasteiger partial charge in [0.25, 0.3) is 5.91 Å². The Kier molecular flexibility index (Phi) is 5.32. The van der Waals surface area contributed by atoms with Crippen LogP contribution < -0.4 is 10.6 Å². The molecule has 0 aliphatic carbocycles. The molecule has 2 aromatic heterocycles. The predicted molar refractivity (Wildman–Crippen MR) is 118 cm³/mol. The number of thiocarbonyl (C=S) groups is 1. The largest absolute Gasteiger partial charge is 0.332 e. The van der Waals surface area contributed by atoms with Crippen molar-refractivity contribution in [3.63, 3.8) is 0 Å². The number of aromatic nitrogens is 4. The summed E-state index contributed by atoms with van der Waals surface area (Å²) in [6.07, 6.45) is 0.777. The van der Waals surface area contributed by atoms with Crippen LogP contribution in [0.1, 0.15) is 28.7 Å². The molecule has 4 aromatic rings. The van der Waals surface area contributed by atoms with Crippen LogP contribution in [0.3, 0.4) is 0 Å². The van der Waals surface area contributed by atoms with Crippen LogP contribution in [0.25, 0.3) is 15.5 Å². The highest BCUT2D eigenvalue weighted by Gasteiger charge is 2.12. The maximum absolute atomic E-state index is 12.3. The number of carbonyl (C=O) groups excluding carboxylic acids is 1. The van der Waals surface area contributed by atoms with Crippen LogP contribution in [0.5, 0.6) is 0 Å². The lowest BCUT2D eigenvalue weighted by Crippen LogP contribution is -2.34. The van der Waals surface area contributed by atoms with E-state index < -0.39 is 0 Å². The molecule has 0 bridgehead atoms. The van der Waals surface area contributed by atoms with Gasteiger partial charge in [-0.05, 0) is 55.5 Å². The Labute approximate surface area is 176 Å². The molecule has 2 aromatic carbocycles. The molecule has 0 aliphatic rings. The normalized spacial score (nSPS) is 10.8. The summed E-state index contributed by atoms with van der Waals surface area (Å²) in [6, 6.07) is 15.0. The number of nitrogens with one attached hydrogen (secondary N) is 2. The third kappa shape index (κ3) is 4.15. The van der Waals surface area contributed by atoms with Crippen LogP contribution in [-0.4, -0.2) is 30.8 Å².